The van der Waals surface area contributed by atoms with Gasteiger partial charge in [0.25, 0.3) is 10.1 Å². The van der Waals surface area contributed by atoms with Crippen LogP contribution < -0.4 is 0 Å². The molecule has 0 aromatic rings. The minimum absolute atomic E-state index is 0.122. The van der Waals surface area contributed by atoms with Crippen molar-refractivity contribution in [3.8, 4) is 0 Å². The molecule has 0 bridgehead atoms. The maximum Gasteiger partial charge on any atom is 0.410 e. The highest BCUT2D eigenvalue weighted by molar-refractivity contribution is 7.86. The third kappa shape index (κ3) is 5.08. The fraction of sp³-hybridized carbons (Fsp3) is 0.938. The third-order valence-electron chi connectivity index (χ3n) is 4.72. The first-order chi connectivity index (χ1) is 10.4. The summed E-state index contributed by atoms with van der Waals surface area (Å²) in [5.74, 6) is 0.377. The molecular weight excluding hydrogens is 318 g/mol. The summed E-state index contributed by atoms with van der Waals surface area (Å²) in [5.41, 5.74) is -0.635. The van der Waals surface area contributed by atoms with Gasteiger partial charge in [-0.15, -0.1) is 0 Å². The maximum absolute atomic E-state index is 12.4. The van der Waals surface area contributed by atoms with Gasteiger partial charge in [0.05, 0.1) is 12.4 Å². The molecule has 0 spiro atoms. The van der Waals surface area contributed by atoms with Gasteiger partial charge in [0, 0.05) is 13.1 Å². The lowest BCUT2D eigenvalue weighted by molar-refractivity contribution is 0.0169. The summed E-state index contributed by atoms with van der Waals surface area (Å²) in [6, 6.07) is 0. The smallest absolute Gasteiger partial charge is 0.410 e. The first-order valence-electron chi connectivity index (χ1n) is 8.24. The summed E-state index contributed by atoms with van der Waals surface area (Å²) in [5, 5.41) is 0. The Bertz CT molecular complexity index is 553. The van der Waals surface area contributed by atoms with Gasteiger partial charge in [-0.2, -0.15) is 8.42 Å². The Morgan fingerprint density at radius 3 is 2.52 bits per heavy atom. The van der Waals surface area contributed by atoms with E-state index in [0.717, 1.165) is 25.5 Å². The molecule has 7 heteroatoms. The van der Waals surface area contributed by atoms with E-state index in [4.69, 9.17) is 8.92 Å². The van der Waals surface area contributed by atoms with Crippen LogP contribution in [0.1, 0.15) is 53.4 Å². The number of hydrogen-bond acceptors (Lipinski definition) is 5. The van der Waals surface area contributed by atoms with Crippen LogP contribution >= 0.6 is 0 Å². The van der Waals surface area contributed by atoms with E-state index in [2.05, 4.69) is 6.92 Å². The van der Waals surface area contributed by atoms with E-state index < -0.39 is 15.7 Å². The van der Waals surface area contributed by atoms with Crippen LogP contribution in [0, 0.1) is 11.3 Å². The van der Waals surface area contributed by atoms with Gasteiger partial charge in [-0.1, -0.05) is 6.92 Å². The van der Waals surface area contributed by atoms with Gasteiger partial charge in [-0.05, 0) is 57.8 Å². The Labute approximate surface area is 139 Å². The monoisotopic (exact) mass is 347 g/mol. The standard InChI is InChI=1S/C16H29NO5S/c1-15(2,3)21-14(18)17-8-6-7-12-9-13(22-23(5,19)20)10-16(12,4)11-17/h12-13H,6-11H2,1-5H3/t12?,13-,16+/m1/s1. The van der Waals surface area contributed by atoms with Crippen molar-refractivity contribution < 1.29 is 22.1 Å². The van der Waals surface area contributed by atoms with Crippen LogP contribution in [0.3, 0.4) is 0 Å². The number of fused-ring (bicyclic) bond motifs is 1. The number of ether oxygens (including phenoxy) is 1. The van der Waals surface area contributed by atoms with Crippen LogP contribution in [-0.4, -0.2) is 50.5 Å². The summed E-state index contributed by atoms with van der Waals surface area (Å²) >= 11 is 0. The largest absolute Gasteiger partial charge is 0.444 e. The van der Waals surface area contributed by atoms with Crippen molar-refractivity contribution in [3.63, 3.8) is 0 Å². The molecule has 0 N–H and O–H groups in total. The Balaban J connectivity index is 2.07. The number of hydrogen-bond donors (Lipinski definition) is 0. The van der Waals surface area contributed by atoms with Crippen molar-refractivity contribution in [1.29, 1.82) is 0 Å². The first kappa shape index (κ1) is 18.5. The summed E-state index contributed by atoms with van der Waals surface area (Å²) < 4.78 is 33.5. The summed E-state index contributed by atoms with van der Waals surface area (Å²) in [7, 11) is -3.45. The van der Waals surface area contributed by atoms with Gasteiger partial charge >= 0.3 is 6.09 Å². The molecule has 6 nitrogen and oxygen atoms in total. The molecule has 1 unspecified atom stereocenters. The molecule has 2 fully saturated rings. The Kier molecular flexibility index (Phi) is 5.02. The lowest BCUT2D eigenvalue weighted by Gasteiger charge is -2.34. The summed E-state index contributed by atoms with van der Waals surface area (Å²) in [6.45, 7) is 9.00. The third-order valence-corrected chi connectivity index (χ3v) is 5.34. The van der Waals surface area contributed by atoms with Crippen LogP contribution in [0.4, 0.5) is 4.79 Å². The van der Waals surface area contributed by atoms with E-state index in [1.54, 1.807) is 4.90 Å². The van der Waals surface area contributed by atoms with Gasteiger partial charge in [0.2, 0.25) is 0 Å². The SMILES string of the molecule is CC(C)(C)OC(=O)N1CCCC2C[C@@H](OS(C)(=O)=O)C[C@@]2(C)C1. The number of carbonyl (C=O) groups is 1. The minimum atomic E-state index is -3.45. The predicted octanol–water partition coefficient (Wildman–Crippen LogP) is 2.78. The average molecular weight is 347 g/mol. The molecule has 0 aromatic carbocycles. The Morgan fingerprint density at radius 2 is 1.96 bits per heavy atom. The molecule has 23 heavy (non-hydrogen) atoms. The second kappa shape index (κ2) is 6.24. The molecule has 1 aliphatic carbocycles. The van der Waals surface area contributed by atoms with E-state index in [1.165, 1.54) is 0 Å². The zero-order valence-electron chi connectivity index (χ0n) is 14.8. The quantitative estimate of drug-likeness (QED) is 0.718. The number of likely N-dealkylation sites (tertiary alicyclic amines) is 1. The fourth-order valence-electron chi connectivity index (χ4n) is 3.88. The molecular formula is C16H29NO5S. The zero-order chi connectivity index (χ0) is 17.5. The van der Waals surface area contributed by atoms with Crippen molar-refractivity contribution in [3.05, 3.63) is 0 Å². The van der Waals surface area contributed by atoms with Crippen LogP contribution in [0.15, 0.2) is 0 Å². The highest BCUT2D eigenvalue weighted by Crippen LogP contribution is 2.48. The molecule has 2 aliphatic rings. The molecule has 1 saturated heterocycles. The van der Waals surface area contributed by atoms with Crippen molar-refractivity contribution in [1.82, 2.24) is 4.90 Å². The van der Waals surface area contributed by atoms with Gasteiger partial charge < -0.3 is 9.64 Å². The second-order valence-corrected chi connectivity index (χ2v) is 9.86. The number of nitrogens with zero attached hydrogens (tertiary/aromatic N) is 1. The maximum atomic E-state index is 12.4. The highest BCUT2D eigenvalue weighted by Gasteiger charge is 2.48. The molecule has 3 atom stereocenters. The number of rotatable bonds is 2. The second-order valence-electron chi connectivity index (χ2n) is 8.26. The fourth-order valence-corrected chi connectivity index (χ4v) is 4.52. The van der Waals surface area contributed by atoms with Crippen molar-refractivity contribution >= 4 is 16.2 Å². The van der Waals surface area contributed by atoms with Crippen molar-refractivity contribution in [2.75, 3.05) is 19.3 Å². The van der Waals surface area contributed by atoms with Gasteiger partial charge in [0.15, 0.2) is 0 Å². The Morgan fingerprint density at radius 1 is 1.30 bits per heavy atom. The van der Waals surface area contributed by atoms with Gasteiger partial charge in [-0.3, -0.25) is 4.18 Å². The van der Waals surface area contributed by atoms with E-state index >= 15 is 0 Å². The summed E-state index contributed by atoms with van der Waals surface area (Å²) in [4.78, 5) is 14.2. The van der Waals surface area contributed by atoms with E-state index in [9.17, 15) is 13.2 Å². The topological polar surface area (TPSA) is 72.9 Å². The van der Waals surface area contributed by atoms with Crippen LogP contribution in [-0.2, 0) is 19.0 Å². The number of carbonyl (C=O) groups excluding carboxylic acids is 1. The molecule has 0 radical (unpaired) electrons. The molecule has 1 amide bonds. The van der Waals surface area contributed by atoms with Crippen molar-refractivity contribution in [2.24, 2.45) is 11.3 Å². The van der Waals surface area contributed by atoms with E-state index in [1.807, 2.05) is 20.8 Å². The lowest BCUT2D eigenvalue weighted by atomic mass is 9.78. The minimum Gasteiger partial charge on any atom is -0.444 e. The molecule has 1 heterocycles. The highest BCUT2D eigenvalue weighted by atomic mass is 32.2. The van der Waals surface area contributed by atoms with E-state index in [0.29, 0.717) is 25.4 Å². The first-order valence-corrected chi connectivity index (χ1v) is 10.1. The zero-order valence-corrected chi connectivity index (χ0v) is 15.6. The van der Waals surface area contributed by atoms with Crippen LogP contribution in [0.5, 0.6) is 0 Å². The predicted molar refractivity (Wildman–Crippen MR) is 87.6 cm³/mol. The molecule has 0 aromatic heterocycles. The number of amides is 1. The lowest BCUT2D eigenvalue weighted by Crippen LogP contribution is -2.42. The summed E-state index contributed by atoms with van der Waals surface area (Å²) in [6.07, 6.45) is 3.82. The van der Waals surface area contributed by atoms with E-state index in [-0.39, 0.29) is 17.6 Å². The molecule has 2 rings (SSSR count). The average Bonchev–Trinajstić information content (AvgIpc) is 2.50. The Hall–Kier alpha value is -0.820. The van der Waals surface area contributed by atoms with Gasteiger partial charge in [0.1, 0.15) is 5.60 Å². The van der Waals surface area contributed by atoms with Crippen molar-refractivity contribution in [2.45, 2.75) is 65.1 Å². The molecule has 134 valence electrons. The molecule has 1 aliphatic heterocycles. The molecule has 1 saturated carbocycles. The van der Waals surface area contributed by atoms with Gasteiger partial charge in [-0.25, -0.2) is 4.79 Å². The van der Waals surface area contributed by atoms with Crippen LogP contribution in [0.25, 0.3) is 0 Å². The van der Waals surface area contributed by atoms with Crippen LogP contribution in [0.2, 0.25) is 0 Å². The normalized spacial score (nSPS) is 32.3.